The molecule has 20 heavy (non-hydrogen) atoms. The number of esters is 2. The summed E-state index contributed by atoms with van der Waals surface area (Å²) in [5.74, 6) is -1.52. The Labute approximate surface area is 116 Å². The van der Waals surface area contributed by atoms with Crippen LogP contribution in [0.25, 0.3) is 0 Å². The Hall–Kier alpha value is -1.87. The average Bonchev–Trinajstić information content (AvgIpc) is 2.93. The minimum Gasteiger partial charge on any atom is -0.469 e. The zero-order valence-corrected chi connectivity index (χ0v) is 12.1. The number of nitrogens with zero attached hydrogens (tertiary/aromatic N) is 1. The molecule has 0 unspecified atom stereocenters. The number of carbonyl (C=O) groups is 2. The predicted molar refractivity (Wildman–Crippen MR) is 66.5 cm³/mol. The van der Waals surface area contributed by atoms with Crippen molar-refractivity contribution in [3.63, 3.8) is 0 Å². The first kappa shape index (κ1) is 16.2. The fourth-order valence-corrected chi connectivity index (χ4v) is 2.37. The summed E-state index contributed by atoms with van der Waals surface area (Å²) in [5.41, 5.74) is 0. The van der Waals surface area contributed by atoms with Crippen LogP contribution < -0.4 is 0 Å². The largest absolute Gasteiger partial charge is 0.469 e. The molecule has 8 nitrogen and oxygen atoms in total. The number of carbonyl (C=O) groups excluding carboxylic acids is 2. The Morgan fingerprint density at radius 2 is 1.90 bits per heavy atom. The molecule has 0 atom stereocenters. The molecule has 0 aliphatic rings. The van der Waals surface area contributed by atoms with Crippen LogP contribution in [0.5, 0.6) is 0 Å². The molecule has 1 heterocycles. The lowest BCUT2D eigenvalue weighted by Crippen LogP contribution is -2.29. The quantitative estimate of drug-likeness (QED) is 0.694. The third-order valence-electron chi connectivity index (χ3n) is 2.49. The van der Waals surface area contributed by atoms with E-state index in [0.717, 1.165) is 17.5 Å². The number of sulfonamides is 1. The Balaban J connectivity index is 2.85. The third kappa shape index (κ3) is 3.58. The van der Waals surface area contributed by atoms with E-state index in [-0.39, 0.29) is 18.7 Å². The number of rotatable bonds is 6. The first-order valence-corrected chi connectivity index (χ1v) is 6.98. The van der Waals surface area contributed by atoms with E-state index in [1.807, 2.05) is 0 Å². The minimum absolute atomic E-state index is 0.0662. The number of furan rings is 1. The highest BCUT2D eigenvalue weighted by Gasteiger charge is 2.26. The van der Waals surface area contributed by atoms with Crippen molar-refractivity contribution >= 4 is 22.0 Å². The molecular formula is C11H15NO7S. The van der Waals surface area contributed by atoms with Crippen LogP contribution in [0.15, 0.2) is 21.6 Å². The molecule has 0 spiro atoms. The van der Waals surface area contributed by atoms with Gasteiger partial charge in [-0.3, -0.25) is 4.79 Å². The van der Waals surface area contributed by atoms with Crippen molar-refractivity contribution in [1.29, 1.82) is 0 Å². The summed E-state index contributed by atoms with van der Waals surface area (Å²) >= 11 is 0. The van der Waals surface area contributed by atoms with Crippen LogP contribution in [-0.4, -0.2) is 52.5 Å². The third-order valence-corrected chi connectivity index (χ3v) is 4.22. The molecule has 0 fully saturated rings. The van der Waals surface area contributed by atoms with Gasteiger partial charge in [0.1, 0.15) is 0 Å². The van der Waals surface area contributed by atoms with E-state index >= 15 is 0 Å². The number of hydrogen-bond donors (Lipinski definition) is 0. The second-order valence-corrected chi connectivity index (χ2v) is 5.74. The normalized spacial score (nSPS) is 11.4. The van der Waals surface area contributed by atoms with Gasteiger partial charge < -0.3 is 13.9 Å². The molecule has 0 aliphatic carbocycles. The molecule has 0 saturated heterocycles. The van der Waals surface area contributed by atoms with Crippen LogP contribution in [-0.2, 0) is 24.3 Å². The number of hydrogen-bond acceptors (Lipinski definition) is 7. The molecule has 9 heteroatoms. The van der Waals surface area contributed by atoms with Crippen LogP contribution in [0.3, 0.4) is 0 Å². The van der Waals surface area contributed by atoms with Crippen molar-refractivity contribution in [2.45, 2.75) is 11.5 Å². The van der Waals surface area contributed by atoms with Crippen LogP contribution in [0, 0.1) is 0 Å². The number of ether oxygens (including phenoxy) is 2. The van der Waals surface area contributed by atoms with E-state index in [0.29, 0.717) is 0 Å². The van der Waals surface area contributed by atoms with Gasteiger partial charge in [0.05, 0.1) is 20.6 Å². The Kier molecular flexibility index (Phi) is 5.28. The lowest BCUT2D eigenvalue weighted by Gasteiger charge is -2.14. The van der Waals surface area contributed by atoms with Gasteiger partial charge in [-0.05, 0) is 12.1 Å². The van der Waals surface area contributed by atoms with Crippen LogP contribution in [0.4, 0.5) is 0 Å². The molecule has 1 rings (SSSR count). The monoisotopic (exact) mass is 305 g/mol. The molecule has 112 valence electrons. The summed E-state index contributed by atoms with van der Waals surface area (Å²) in [6.45, 7) is -0.0662. The smallest absolute Gasteiger partial charge is 0.374 e. The maximum absolute atomic E-state index is 12.1. The van der Waals surface area contributed by atoms with Gasteiger partial charge in [0, 0.05) is 13.6 Å². The van der Waals surface area contributed by atoms with E-state index in [9.17, 15) is 18.0 Å². The zero-order valence-electron chi connectivity index (χ0n) is 11.3. The van der Waals surface area contributed by atoms with E-state index < -0.39 is 27.1 Å². The van der Waals surface area contributed by atoms with Gasteiger partial charge in [-0.2, -0.15) is 4.31 Å². The van der Waals surface area contributed by atoms with Crippen molar-refractivity contribution in [3.8, 4) is 0 Å². The van der Waals surface area contributed by atoms with Crippen molar-refractivity contribution in [2.75, 3.05) is 27.8 Å². The second-order valence-electron chi connectivity index (χ2n) is 3.76. The Bertz CT molecular complexity index is 590. The molecule has 0 amide bonds. The summed E-state index contributed by atoms with van der Waals surface area (Å²) in [7, 11) is -0.254. The average molecular weight is 305 g/mol. The molecule has 1 aromatic heterocycles. The lowest BCUT2D eigenvalue weighted by atomic mass is 10.4. The van der Waals surface area contributed by atoms with Gasteiger partial charge in [0.2, 0.25) is 10.9 Å². The number of methoxy groups -OCH3 is 2. The fourth-order valence-electron chi connectivity index (χ4n) is 1.29. The van der Waals surface area contributed by atoms with E-state index in [4.69, 9.17) is 4.42 Å². The van der Waals surface area contributed by atoms with Gasteiger partial charge in [0.25, 0.3) is 10.0 Å². The molecule has 0 radical (unpaired) electrons. The Morgan fingerprint density at radius 1 is 1.25 bits per heavy atom. The highest BCUT2D eigenvalue weighted by atomic mass is 32.2. The Morgan fingerprint density at radius 3 is 2.45 bits per heavy atom. The molecule has 0 bridgehead atoms. The van der Waals surface area contributed by atoms with Crippen LogP contribution in [0.2, 0.25) is 0 Å². The second kappa shape index (κ2) is 6.53. The van der Waals surface area contributed by atoms with Crippen LogP contribution in [0.1, 0.15) is 17.0 Å². The standard InChI is InChI=1S/C11H15NO7S/c1-12(7-6-9(13)17-2)20(15,16)10-5-4-8(19-10)11(14)18-3/h4-5H,6-7H2,1-3H3. The summed E-state index contributed by atoms with van der Waals surface area (Å²) < 4.78 is 38.9. The van der Waals surface area contributed by atoms with Gasteiger partial charge in [-0.25, -0.2) is 13.2 Å². The molecule has 0 N–H and O–H groups in total. The van der Waals surface area contributed by atoms with Gasteiger partial charge >= 0.3 is 11.9 Å². The highest BCUT2D eigenvalue weighted by Crippen LogP contribution is 2.18. The predicted octanol–water partition coefficient (Wildman–Crippen LogP) is 0.250. The molecular weight excluding hydrogens is 290 g/mol. The maximum Gasteiger partial charge on any atom is 0.374 e. The first-order chi connectivity index (χ1) is 9.32. The van der Waals surface area contributed by atoms with Gasteiger partial charge in [-0.15, -0.1) is 0 Å². The maximum atomic E-state index is 12.1. The van der Waals surface area contributed by atoms with E-state index in [1.54, 1.807) is 0 Å². The molecule has 0 aliphatic heterocycles. The van der Waals surface area contributed by atoms with Crippen LogP contribution >= 0.6 is 0 Å². The van der Waals surface area contributed by atoms with Crippen molar-refractivity contribution in [1.82, 2.24) is 4.31 Å². The zero-order chi connectivity index (χ0) is 15.3. The minimum atomic E-state index is -3.91. The van der Waals surface area contributed by atoms with Crippen molar-refractivity contribution in [3.05, 3.63) is 17.9 Å². The molecule has 1 aromatic rings. The van der Waals surface area contributed by atoms with Gasteiger partial charge in [-0.1, -0.05) is 0 Å². The first-order valence-electron chi connectivity index (χ1n) is 5.54. The highest BCUT2D eigenvalue weighted by molar-refractivity contribution is 7.89. The summed E-state index contributed by atoms with van der Waals surface area (Å²) in [5, 5.41) is -0.398. The topological polar surface area (TPSA) is 103 Å². The summed E-state index contributed by atoms with van der Waals surface area (Å²) in [4.78, 5) is 22.2. The van der Waals surface area contributed by atoms with Crippen molar-refractivity contribution < 1.29 is 31.9 Å². The molecule has 0 saturated carbocycles. The van der Waals surface area contributed by atoms with E-state index in [1.165, 1.54) is 20.2 Å². The fraction of sp³-hybridized carbons (Fsp3) is 0.455. The molecule has 0 aromatic carbocycles. The van der Waals surface area contributed by atoms with E-state index in [2.05, 4.69) is 9.47 Å². The van der Waals surface area contributed by atoms with Crippen molar-refractivity contribution in [2.24, 2.45) is 0 Å². The SMILES string of the molecule is COC(=O)CCN(C)S(=O)(=O)c1ccc(C(=O)OC)o1. The van der Waals surface area contributed by atoms with Gasteiger partial charge in [0.15, 0.2) is 0 Å². The summed E-state index contributed by atoms with van der Waals surface area (Å²) in [6.07, 6.45) is -0.0865. The lowest BCUT2D eigenvalue weighted by molar-refractivity contribution is -0.140. The summed E-state index contributed by atoms with van der Waals surface area (Å²) in [6, 6.07) is 2.35.